The Morgan fingerprint density at radius 3 is 2.38 bits per heavy atom. The van der Waals surface area contributed by atoms with E-state index >= 15 is 0 Å². The number of amides is 1. The SMILES string of the molecule is CC(c1nnc(SCC(=O)Nc2c(Cl)cc(Cl)cc2Cl)n1-c1ccc(F)cc1)N1CCCCC1. The average Bonchev–Trinajstić information content (AvgIpc) is 3.24. The van der Waals surface area contributed by atoms with Crippen LogP contribution < -0.4 is 5.32 Å². The van der Waals surface area contributed by atoms with Gasteiger partial charge in [0.05, 0.1) is 27.5 Å². The van der Waals surface area contributed by atoms with Crippen molar-refractivity contribution in [1.29, 1.82) is 0 Å². The fourth-order valence-corrected chi connectivity index (χ4v) is 5.58. The number of aromatic nitrogens is 3. The molecule has 1 aliphatic rings. The van der Waals surface area contributed by atoms with Gasteiger partial charge in [-0.15, -0.1) is 10.2 Å². The second-order valence-corrected chi connectivity index (χ2v) is 10.2. The highest BCUT2D eigenvalue weighted by Gasteiger charge is 2.26. The van der Waals surface area contributed by atoms with Crippen LogP contribution in [0.3, 0.4) is 0 Å². The molecule has 0 radical (unpaired) electrons. The lowest BCUT2D eigenvalue weighted by Crippen LogP contribution is -2.33. The molecular weight excluding hydrogens is 520 g/mol. The fourth-order valence-electron chi connectivity index (χ4n) is 3.91. The molecule has 1 aliphatic heterocycles. The number of hydrogen-bond donors (Lipinski definition) is 1. The van der Waals surface area contributed by atoms with Gasteiger partial charge in [0, 0.05) is 10.7 Å². The molecule has 0 bridgehead atoms. The third-order valence-corrected chi connectivity index (χ3v) is 7.40. The average molecular weight is 543 g/mol. The summed E-state index contributed by atoms with van der Waals surface area (Å²) in [6.45, 7) is 4.08. The summed E-state index contributed by atoms with van der Waals surface area (Å²) in [5.74, 6) is 0.163. The predicted octanol–water partition coefficient (Wildman–Crippen LogP) is 6.64. The number of thioether (sulfide) groups is 1. The van der Waals surface area contributed by atoms with Crippen molar-refractivity contribution in [3.05, 3.63) is 63.1 Å². The first-order valence-electron chi connectivity index (χ1n) is 10.9. The highest BCUT2D eigenvalue weighted by molar-refractivity contribution is 7.99. The zero-order chi connectivity index (χ0) is 24.2. The Kier molecular flexibility index (Phi) is 8.37. The molecule has 1 N–H and O–H groups in total. The normalized spacial score (nSPS) is 15.3. The number of likely N-dealkylation sites (tertiary alicyclic amines) is 1. The molecule has 2 heterocycles. The molecule has 1 fully saturated rings. The first-order valence-corrected chi connectivity index (χ1v) is 13.0. The van der Waals surface area contributed by atoms with Crippen molar-refractivity contribution in [3.8, 4) is 5.69 Å². The van der Waals surface area contributed by atoms with Crippen LogP contribution >= 0.6 is 46.6 Å². The number of anilines is 1. The second kappa shape index (κ2) is 11.3. The maximum absolute atomic E-state index is 13.6. The number of benzene rings is 2. The molecule has 0 spiro atoms. The van der Waals surface area contributed by atoms with E-state index in [9.17, 15) is 9.18 Å². The van der Waals surface area contributed by atoms with Gasteiger partial charge in [0.25, 0.3) is 0 Å². The van der Waals surface area contributed by atoms with Crippen LogP contribution in [0.25, 0.3) is 5.69 Å². The van der Waals surface area contributed by atoms with E-state index in [1.807, 2.05) is 4.57 Å². The Morgan fingerprint density at radius 1 is 1.09 bits per heavy atom. The molecule has 1 aromatic heterocycles. The Hall–Kier alpha value is -1.84. The lowest BCUT2D eigenvalue weighted by atomic mass is 10.1. The molecule has 3 aromatic rings. The van der Waals surface area contributed by atoms with Crippen LogP contribution in [0.5, 0.6) is 0 Å². The van der Waals surface area contributed by atoms with Gasteiger partial charge in [0.2, 0.25) is 5.91 Å². The summed E-state index contributed by atoms with van der Waals surface area (Å²) < 4.78 is 15.5. The van der Waals surface area contributed by atoms with Crippen molar-refractivity contribution in [2.75, 3.05) is 24.2 Å². The number of carbonyl (C=O) groups excluding carboxylic acids is 1. The van der Waals surface area contributed by atoms with Crippen molar-refractivity contribution in [2.24, 2.45) is 0 Å². The highest BCUT2D eigenvalue weighted by Crippen LogP contribution is 2.34. The molecule has 180 valence electrons. The molecule has 11 heteroatoms. The molecule has 4 rings (SSSR count). The van der Waals surface area contributed by atoms with E-state index in [0.717, 1.165) is 37.4 Å². The van der Waals surface area contributed by atoms with Crippen LogP contribution in [0.1, 0.15) is 38.1 Å². The van der Waals surface area contributed by atoms with Crippen molar-refractivity contribution in [2.45, 2.75) is 37.4 Å². The van der Waals surface area contributed by atoms with Crippen LogP contribution in [-0.4, -0.2) is 44.4 Å². The largest absolute Gasteiger partial charge is 0.323 e. The van der Waals surface area contributed by atoms with Gasteiger partial charge in [0.15, 0.2) is 11.0 Å². The number of nitrogens with one attached hydrogen (secondary N) is 1. The lowest BCUT2D eigenvalue weighted by Gasteiger charge is -2.31. The van der Waals surface area contributed by atoms with E-state index in [0.29, 0.717) is 15.9 Å². The minimum absolute atomic E-state index is 0.0210. The number of carbonyl (C=O) groups is 1. The molecule has 1 unspecified atom stereocenters. The van der Waals surface area contributed by atoms with Crippen LogP contribution in [0.2, 0.25) is 15.1 Å². The Morgan fingerprint density at radius 2 is 1.74 bits per heavy atom. The first kappa shape index (κ1) is 25.3. The number of rotatable bonds is 7. The van der Waals surface area contributed by atoms with Crippen LogP contribution in [-0.2, 0) is 4.79 Å². The Balaban J connectivity index is 1.56. The van der Waals surface area contributed by atoms with E-state index in [1.165, 1.54) is 42.4 Å². The smallest absolute Gasteiger partial charge is 0.234 e. The van der Waals surface area contributed by atoms with Crippen molar-refractivity contribution in [1.82, 2.24) is 19.7 Å². The zero-order valence-electron chi connectivity index (χ0n) is 18.4. The Bertz CT molecular complexity index is 1140. The first-order chi connectivity index (χ1) is 16.3. The number of piperidine rings is 1. The molecule has 1 atom stereocenters. The monoisotopic (exact) mass is 541 g/mol. The summed E-state index contributed by atoms with van der Waals surface area (Å²) in [6.07, 6.45) is 3.52. The summed E-state index contributed by atoms with van der Waals surface area (Å²) in [5, 5.41) is 13.0. The highest BCUT2D eigenvalue weighted by atomic mass is 35.5. The summed E-state index contributed by atoms with van der Waals surface area (Å²) in [6, 6.07) is 9.21. The number of nitrogens with zero attached hydrogens (tertiary/aromatic N) is 4. The predicted molar refractivity (Wildman–Crippen MR) is 136 cm³/mol. The summed E-state index contributed by atoms with van der Waals surface area (Å²) in [4.78, 5) is 15.0. The molecular formula is C23H23Cl3FN5OS. The number of hydrogen-bond acceptors (Lipinski definition) is 5. The molecule has 0 saturated carbocycles. The van der Waals surface area contributed by atoms with Crippen molar-refractivity contribution < 1.29 is 9.18 Å². The number of halogens is 4. The van der Waals surface area contributed by atoms with Gasteiger partial charge in [-0.2, -0.15) is 0 Å². The van der Waals surface area contributed by atoms with E-state index in [-0.39, 0.29) is 33.6 Å². The zero-order valence-corrected chi connectivity index (χ0v) is 21.5. The quantitative estimate of drug-likeness (QED) is 0.339. The molecule has 6 nitrogen and oxygen atoms in total. The standard InChI is InChI=1S/C23H23Cl3FN5OS/c1-14(31-9-3-2-4-10-31)22-29-30-23(32(22)17-7-5-16(27)6-8-17)34-13-20(33)28-21-18(25)11-15(24)12-19(21)26/h5-8,11-12,14H,2-4,9-10,13H2,1H3,(H,28,33). The third-order valence-electron chi connectivity index (χ3n) is 5.66. The van der Waals surface area contributed by atoms with Crippen molar-refractivity contribution >= 4 is 58.2 Å². The summed E-state index contributed by atoms with van der Waals surface area (Å²) in [5.41, 5.74) is 1.04. The van der Waals surface area contributed by atoms with Gasteiger partial charge in [-0.05, 0) is 69.3 Å². The minimum Gasteiger partial charge on any atom is -0.323 e. The molecule has 1 amide bonds. The van der Waals surface area contributed by atoms with Crippen LogP contribution in [0, 0.1) is 5.82 Å². The van der Waals surface area contributed by atoms with E-state index in [4.69, 9.17) is 34.8 Å². The molecule has 1 saturated heterocycles. The van der Waals surface area contributed by atoms with E-state index in [2.05, 4.69) is 27.3 Å². The second-order valence-electron chi connectivity index (χ2n) is 8.01. The van der Waals surface area contributed by atoms with Gasteiger partial charge >= 0.3 is 0 Å². The van der Waals surface area contributed by atoms with Crippen LogP contribution in [0.4, 0.5) is 10.1 Å². The lowest BCUT2D eigenvalue weighted by molar-refractivity contribution is -0.113. The maximum atomic E-state index is 13.6. The molecule has 34 heavy (non-hydrogen) atoms. The van der Waals surface area contributed by atoms with Crippen LogP contribution in [0.15, 0.2) is 41.6 Å². The van der Waals surface area contributed by atoms with Gasteiger partial charge < -0.3 is 5.32 Å². The topological polar surface area (TPSA) is 63.1 Å². The summed E-state index contributed by atoms with van der Waals surface area (Å²) >= 11 is 19.5. The van der Waals surface area contributed by atoms with Gasteiger partial charge in [0.1, 0.15) is 5.82 Å². The molecule has 2 aromatic carbocycles. The maximum Gasteiger partial charge on any atom is 0.234 e. The summed E-state index contributed by atoms with van der Waals surface area (Å²) in [7, 11) is 0. The molecule has 0 aliphatic carbocycles. The van der Waals surface area contributed by atoms with E-state index < -0.39 is 0 Å². The van der Waals surface area contributed by atoms with E-state index in [1.54, 1.807) is 12.1 Å². The van der Waals surface area contributed by atoms with Crippen molar-refractivity contribution in [3.63, 3.8) is 0 Å². The van der Waals surface area contributed by atoms with Gasteiger partial charge in [-0.3, -0.25) is 14.3 Å². The third kappa shape index (κ3) is 5.86. The van der Waals surface area contributed by atoms with Gasteiger partial charge in [-0.1, -0.05) is 53.0 Å². The Labute approximate surface area is 216 Å². The van der Waals surface area contributed by atoms with Gasteiger partial charge in [-0.25, -0.2) is 4.39 Å². The minimum atomic E-state index is -0.326. The fraction of sp³-hybridized carbons (Fsp3) is 0.348.